The average Bonchev–Trinajstić information content (AvgIpc) is 3.02. The molecule has 0 unspecified atom stereocenters. The second-order valence-electron chi connectivity index (χ2n) is 7.83. The molecule has 1 N–H and O–H groups in total. The number of hydrogen-bond acceptors (Lipinski definition) is 3. The standard InChI is InChI=1S/C23H26N2O3/c26-16-19-8-6-17(7-9-19)12-22(27)24-14-20-10-11-21(15-24)25(23(20)28)13-18-4-2-1-3-5-18/h1-9,20-21,26H,10-16H2/t20-,21+/m0/s1. The van der Waals surface area contributed by atoms with E-state index < -0.39 is 0 Å². The van der Waals surface area contributed by atoms with Crippen molar-refractivity contribution in [3.63, 3.8) is 0 Å². The summed E-state index contributed by atoms with van der Waals surface area (Å²) < 4.78 is 0. The Morgan fingerprint density at radius 3 is 2.36 bits per heavy atom. The normalized spacial score (nSPS) is 21.7. The predicted molar refractivity (Wildman–Crippen MR) is 106 cm³/mol. The van der Waals surface area contributed by atoms with E-state index in [2.05, 4.69) is 0 Å². The maximum Gasteiger partial charge on any atom is 0.228 e. The van der Waals surface area contributed by atoms with Crippen molar-refractivity contribution >= 4 is 11.8 Å². The van der Waals surface area contributed by atoms with Crippen LogP contribution in [0.1, 0.15) is 29.5 Å². The van der Waals surface area contributed by atoms with Gasteiger partial charge in [-0.05, 0) is 29.5 Å². The number of carbonyl (C=O) groups excluding carboxylic acids is 2. The Kier molecular flexibility index (Phi) is 5.44. The first-order valence-corrected chi connectivity index (χ1v) is 9.95. The SMILES string of the molecule is O=C(Cc1ccc(CO)cc1)N1C[C@@H]2CC[C@H](C1)N(Cc1ccccc1)C2=O. The summed E-state index contributed by atoms with van der Waals surface area (Å²) >= 11 is 0. The molecule has 3 saturated heterocycles. The summed E-state index contributed by atoms with van der Waals surface area (Å²) in [5.74, 6) is 0.161. The van der Waals surface area contributed by atoms with E-state index in [-0.39, 0.29) is 30.4 Å². The monoisotopic (exact) mass is 378 g/mol. The van der Waals surface area contributed by atoms with Gasteiger partial charge in [0.2, 0.25) is 11.8 Å². The van der Waals surface area contributed by atoms with Gasteiger partial charge in [0, 0.05) is 25.7 Å². The fourth-order valence-corrected chi connectivity index (χ4v) is 4.28. The molecule has 3 aliphatic heterocycles. The van der Waals surface area contributed by atoms with Crippen molar-refractivity contribution in [2.75, 3.05) is 13.1 Å². The van der Waals surface area contributed by atoms with Gasteiger partial charge in [0.1, 0.15) is 0 Å². The Morgan fingerprint density at radius 2 is 1.64 bits per heavy atom. The van der Waals surface area contributed by atoms with E-state index >= 15 is 0 Å². The fraction of sp³-hybridized carbons (Fsp3) is 0.391. The highest BCUT2D eigenvalue weighted by molar-refractivity contribution is 5.84. The topological polar surface area (TPSA) is 60.9 Å². The number of fused-ring (bicyclic) bond motifs is 4. The van der Waals surface area contributed by atoms with Crippen molar-refractivity contribution in [1.29, 1.82) is 0 Å². The molecular weight excluding hydrogens is 352 g/mol. The highest BCUT2D eigenvalue weighted by Crippen LogP contribution is 2.30. The second kappa shape index (κ2) is 8.15. The molecule has 0 aliphatic carbocycles. The van der Waals surface area contributed by atoms with Gasteiger partial charge in [-0.3, -0.25) is 9.59 Å². The van der Waals surface area contributed by atoms with Crippen LogP contribution in [0.3, 0.4) is 0 Å². The molecule has 5 rings (SSSR count). The summed E-state index contributed by atoms with van der Waals surface area (Å²) in [5, 5.41) is 9.15. The van der Waals surface area contributed by atoms with Crippen LogP contribution in [0.5, 0.6) is 0 Å². The number of benzene rings is 2. The summed E-state index contributed by atoms with van der Waals surface area (Å²) in [4.78, 5) is 29.7. The molecule has 2 amide bonds. The molecule has 2 bridgehead atoms. The summed E-state index contributed by atoms with van der Waals surface area (Å²) in [7, 11) is 0. The number of nitrogens with zero attached hydrogens (tertiary/aromatic N) is 2. The molecule has 0 spiro atoms. The molecule has 3 fully saturated rings. The molecule has 5 heteroatoms. The highest BCUT2D eigenvalue weighted by atomic mass is 16.3. The second-order valence-corrected chi connectivity index (χ2v) is 7.83. The minimum absolute atomic E-state index is 0.00305. The Labute approximate surface area is 165 Å². The molecule has 0 saturated carbocycles. The van der Waals surface area contributed by atoms with Crippen molar-refractivity contribution < 1.29 is 14.7 Å². The van der Waals surface area contributed by atoms with Crippen molar-refractivity contribution in [1.82, 2.24) is 9.80 Å². The zero-order chi connectivity index (χ0) is 19.5. The number of hydrogen-bond donors (Lipinski definition) is 1. The summed E-state index contributed by atoms with van der Waals surface area (Å²) in [6, 6.07) is 17.6. The number of aliphatic hydroxyl groups excluding tert-OH is 1. The van der Waals surface area contributed by atoms with Gasteiger partial charge in [-0.15, -0.1) is 0 Å². The van der Waals surface area contributed by atoms with Crippen molar-refractivity contribution in [3.8, 4) is 0 Å². The lowest BCUT2D eigenvalue weighted by Crippen LogP contribution is -2.47. The molecule has 2 aromatic carbocycles. The zero-order valence-corrected chi connectivity index (χ0v) is 16.0. The first-order valence-electron chi connectivity index (χ1n) is 9.95. The maximum atomic E-state index is 13.0. The van der Waals surface area contributed by atoms with Gasteiger partial charge >= 0.3 is 0 Å². The molecule has 146 valence electrons. The van der Waals surface area contributed by atoms with E-state index in [4.69, 9.17) is 5.11 Å². The molecule has 0 radical (unpaired) electrons. The number of aliphatic hydroxyl groups is 1. The Balaban J connectivity index is 1.45. The van der Waals surface area contributed by atoms with Crippen molar-refractivity contribution in [2.45, 2.75) is 38.5 Å². The molecule has 3 heterocycles. The van der Waals surface area contributed by atoms with Crippen LogP contribution < -0.4 is 0 Å². The van der Waals surface area contributed by atoms with Crippen LogP contribution in [0.25, 0.3) is 0 Å². The number of piperidine rings is 1. The van der Waals surface area contributed by atoms with Crippen LogP contribution >= 0.6 is 0 Å². The van der Waals surface area contributed by atoms with Crippen LogP contribution in [0, 0.1) is 5.92 Å². The highest BCUT2D eigenvalue weighted by Gasteiger charge is 2.41. The summed E-state index contributed by atoms with van der Waals surface area (Å²) in [6.45, 7) is 1.76. The predicted octanol–water partition coefficient (Wildman–Crippen LogP) is 2.37. The third-order valence-electron chi connectivity index (χ3n) is 5.90. The van der Waals surface area contributed by atoms with Crippen molar-refractivity contribution in [3.05, 3.63) is 71.3 Å². The molecule has 0 aromatic heterocycles. The van der Waals surface area contributed by atoms with Gasteiger partial charge in [0.05, 0.1) is 18.9 Å². The van der Waals surface area contributed by atoms with Gasteiger partial charge in [-0.25, -0.2) is 0 Å². The first-order chi connectivity index (χ1) is 13.6. The van der Waals surface area contributed by atoms with Gasteiger partial charge in [-0.2, -0.15) is 0 Å². The maximum absolute atomic E-state index is 13.0. The van der Waals surface area contributed by atoms with Crippen LogP contribution in [-0.4, -0.2) is 45.9 Å². The zero-order valence-electron chi connectivity index (χ0n) is 16.0. The van der Waals surface area contributed by atoms with Gasteiger partial charge < -0.3 is 14.9 Å². The number of rotatable bonds is 5. The van der Waals surface area contributed by atoms with E-state index in [1.807, 2.05) is 64.4 Å². The van der Waals surface area contributed by atoms with E-state index in [9.17, 15) is 9.59 Å². The van der Waals surface area contributed by atoms with E-state index in [1.165, 1.54) is 0 Å². The first kappa shape index (κ1) is 18.7. The molecule has 2 aromatic rings. The molecular formula is C23H26N2O3. The van der Waals surface area contributed by atoms with E-state index in [0.717, 1.165) is 29.5 Å². The lowest BCUT2D eigenvalue weighted by molar-refractivity contribution is -0.140. The third-order valence-corrected chi connectivity index (χ3v) is 5.90. The lowest BCUT2D eigenvalue weighted by Gasteiger charge is -2.36. The molecule has 5 nitrogen and oxygen atoms in total. The number of amides is 2. The van der Waals surface area contributed by atoms with E-state index in [0.29, 0.717) is 26.1 Å². The van der Waals surface area contributed by atoms with Crippen LogP contribution in [0.2, 0.25) is 0 Å². The average molecular weight is 378 g/mol. The van der Waals surface area contributed by atoms with Gasteiger partial charge in [0.15, 0.2) is 0 Å². The van der Waals surface area contributed by atoms with Crippen molar-refractivity contribution in [2.24, 2.45) is 5.92 Å². The fourth-order valence-electron chi connectivity index (χ4n) is 4.28. The Morgan fingerprint density at radius 1 is 0.929 bits per heavy atom. The minimum Gasteiger partial charge on any atom is -0.392 e. The van der Waals surface area contributed by atoms with Gasteiger partial charge in [0.25, 0.3) is 0 Å². The summed E-state index contributed by atoms with van der Waals surface area (Å²) in [5.41, 5.74) is 2.91. The minimum atomic E-state index is -0.0943. The van der Waals surface area contributed by atoms with E-state index in [1.54, 1.807) is 0 Å². The van der Waals surface area contributed by atoms with Gasteiger partial charge in [-0.1, -0.05) is 54.6 Å². The third kappa shape index (κ3) is 3.94. The number of carbonyl (C=O) groups is 2. The molecule has 2 atom stereocenters. The quantitative estimate of drug-likeness (QED) is 0.869. The molecule has 28 heavy (non-hydrogen) atoms. The Hall–Kier alpha value is -2.66. The van der Waals surface area contributed by atoms with Crippen LogP contribution in [0.4, 0.5) is 0 Å². The summed E-state index contributed by atoms with van der Waals surface area (Å²) in [6.07, 6.45) is 2.15. The largest absolute Gasteiger partial charge is 0.392 e. The molecule has 3 aliphatic rings. The van der Waals surface area contributed by atoms with Crippen LogP contribution in [0.15, 0.2) is 54.6 Å². The Bertz CT molecular complexity index is 835. The van der Waals surface area contributed by atoms with Crippen LogP contribution in [-0.2, 0) is 29.2 Å². The lowest BCUT2D eigenvalue weighted by atomic mass is 9.93. The smallest absolute Gasteiger partial charge is 0.228 e.